The molecule has 0 bridgehead atoms. The molecule has 3 heteroatoms. The molecule has 0 aliphatic carbocycles. The SMILES string of the molecule is c1ccc(-c2ccccc2-c2oc(-c3c(-c4ccccc4)nn4ccccc34)c3ccccc23)cc1. The summed E-state index contributed by atoms with van der Waals surface area (Å²) in [6, 6.07) is 43.8. The normalized spacial score (nSPS) is 11.3. The second kappa shape index (κ2) is 8.40. The minimum absolute atomic E-state index is 0.837. The maximum absolute atomic E-state index is 6.87. The zero-order valence-corrected chi connectivity index (χ0v) is 19.5. The van der Waals surface area contributed by atoms with E-state index in [2.05, 4.69) is 91.0 Å². The van der Waals surface area contributed by atoms with Crippen molar-refractivity contribution in [3.05, 3.63) is 134 Å². The van der Waals surface area contributed by atoms with Crippen molar-refractivity contribution in [1.82, 2.24) is 9.61 Å². The number of furan rings is 1. The first-order chi connectivity index (χ1) is 17.9. The van der Waals surface area contributed by atoms with Gasteiger partial charge in [-0.3, -0.25) is 0 Å². The monoisotopic (exact) mass is 462 g/mol. The second-order valence-corrected chi connectivity index (χ2v) is 8.84. The van der Waals surface area contributed by atoms with E-state index in [4.69, 9.17) is 9.52 Å². The third-order valence-corrected chi connectivity index (χ3v) is 6.69. The Kier molecular flexibility index (Phi) is 4.78. The van der Waals surface area contributed by atoms with Gasteiger partial charge in [-0.2, -0.15) is 5.10 Å². The van der Waals surface area contributed by atoms with Crippen LogP contribution in [0.4, 0.5) is 0 Å². The minimum atomic E-state index is 0.837. The van der Waals surface area contributed by atoms with Gasteiger partial charge in [0.2, 0.25) is 0 Å². The lowest BCUT2D eigenvalue weighted by Gasteiger charge is -2.08. The Morgan fingerprint density at radius 2 is 1.08 bits per heavy atom. The summed E-state index contributed by atoms with van der Waals surface area (Å²) in [4.78, 5) is 0. The van der Waals surface area contributed by atoms with Crippen LogP contribution in [0, 0.1) is 0 Å². The van der Waals surface area contributed by atoms with E-state index in [1.807, 2.05) is 47.1 Å². The molecule has 0 N–H and O–H groups in total. The van der Waals surface area contributed by atoms with Crippen molar-refractivity contribution < 1.29 is 4.42 Å². The van der Waals surface area contributed by atoms with Crippen molar-refractivity contribution in [3.8, 4) is 45.0 Å². The Balaban J connectivity index is 1.54. The minimum Gasteiger partial charge on any atom is -0.455 e. The van der Waals surface area contributed by atoms with Crippen LogP contribution in [0.2, 0.25) is 0 Å². The molecular formula is C33H22N2O. The number of fused-ring (bicyclic) bond motifs is 2. The highest BCUT2D eigenvalue weighted by Gasteiger charge is 2.24. The Bertz CT molecular complexity index is 1830. The number of nitrogens with zero attached hydrogens (tertiary/aromatic N) is 2. The fourth-order valence-electron chi connectivity index (χ4n) is 5.05. The lowest BCUT2D eigenvalue weighted by Crippen LogP contribution is -1.84. The summed E-state index contributed by atoms with van der Waals surface area (Å²) in [7, 11) is 0. The van der Waals surface area contributed by atoms with Crippen LogP contribution in [-0.4, -0.2) is 9.61 Å². The molecule has 7 aromatic rings. The van der Waals surface area contributed by atoms with E-state index in [-0.39, 0.29) is 0 Å². The average Bonchev–Trinajstić information content (AvgIpc) is 3.53. The molecule has 7 rings (SSSR count). The van der Waals surface area contributed by atoms with Crippen LogP contribution in [0.5, 0.6) is 0 Å². The topological polar surface area (TPSA) is 30.4 Å². The molecule has 0 amide bonds. The van der Waals surface area contributed by atoms with E-state index in [9.17, 15) is 0 Å². The van der Waals surface area contributed by atoms with Crippen molar-refractivity contribution in [2.24, 2.45) is 0 Å². The second-order valence-electron chi connectivity index (χ2n) is 8.84. The Morgan fingerprint density at radius 1 is 0.500 bits per heavy atom. The van der Waals surface area contributed by atoms with Gasteiger partial charge in [-0.25, -0.2) is 4.52 Å². The van der Waals surface area contributed by atoms with Crippen LogP contribution in [0.3, 0.4) is 0 Å². The first kappa shape index (κ1) is 20.5. The standard InChI is InChI=1S/C33H22N2O/c1-3-13-23(14-4-1)25-17-7-8-18-26(25)32-27-19-9-10-20-28(27)33(36-32)30-29-21-11-12-22-35(29)34-31(30)24-15-5-2-6-16-24/h1-22H. The van der Waals surface area contributed by atoms with Crippen LogP contribution in [0.15, 0.2) is 138 Å². The molecule has 0 atom stereocenters. The Labute approximate surface area is 208 Å². The predicted octanol–water partition coefficient (Wildman–Crippen LogP) is 8.75. The molecule has 170 valence electrons. The molecule has 4 aromatic carbocycles. The maximum atomic E-state index is 6.87. The fourth-order valence-corrected chi connectivity index (χ4v) is 5.05. The van der Waals surface area contributed by atoms with Gasteiger partial charge in [-0.05, 0) is 23.3 Å². The third-order valence-electron chi connectivity index (χ3n) is 6.69. The molecule has 3 nitrogen and oxygen atoms in total. The van der Waals surface area contributed by atoms with E-state index in [1.165, 1.54) is 0 Å². The van der Waals surface area contributed by atoms with E-state index in [1.54, 1.807) is 0 Å². The summed E-state index contributed by atoms with van der Waals surface area (Å²) in [5.74, 6) is 1.71. The zero-order chi connectivity index (χ0) is 23.9. The van der Waals surface area contributed by atoms with E-state index < -0.39 is 0 Å². The van der Waals surface area contributed by atoms with Gasteiger partial charge in [0.15, 0.2) is 0 Å². The lowest BCUT2D eigenvalue weighted by atomic mass is 9.96. The molecular weight excluding hydrogens is 440 g/mol. The van der Waals surface area contributed by atoms with Crippen molar-refractivity contribution in [1.29, 1.82) is 0 Å². The van der Waals surface area contributed by atoms with Crippen molar-refractivity contribution in [3.63, 3.8) is 0 Å². The number of hydrogen-bond donors (Lipinski definition) is 0. The van der Waals surface area contributed by atoms with Gasteiger partial charge >= 0.3 is 0 Å². The fraction of sp³-hybridized carbons (Fsp3) is 0. The summed E-state index contributed by atoms with van der Waals surface area (Å²) in [6.45, 7) is 0. The molecule has 0 saturated carbocycles. The van der Waals surface area contributed by atoms with Gasteiger partial charge in [-0.15, -0.1) is 0 Å². The van der Waals surface area contributed by atoms with Crippen molar-refractivity contribution in [2.75, 3.05) is 0 Å². The smallest absolute Gasteiger partial charge is 0.147 e. The number of hydrogen-bond acceptors (Lipinski definition) is 2. The molecule has 0 unspecified atom stereocenters. The van der Waals surface area contributed by atoms with Gasteiger partial charge in [-0.1, -0.05) is 115 Å². The van der Waals surface area contributed by atoms with Gasteiger partial charge in [0.1, 0.15) is 17.2 Å². The van der Waals surface area contributed by atoms with Gasteiger partial charge in [0.05, 0.1) is 11.1 Å². The molecule has 0 saturated heterocycles. The van der Waals surface area contributed by atoms with Crippen LogP contribution in [0.25, 0.3) is 61.3 Å². The first-order valence-electron chi connectivity index (χ1n) is 12.1. The quantitative estimate of drug-likeness (QED) is 0.262. The third kappa shape index (κ3) is 3.25. The molecule has 0 spiro atoms. The molecule has 3 aromatic heterocycles. The highest BCUT2D eigenvalue weighted by Crippen LogP contribution is 2.45. The van der Waals surface area contributed by atoms with E-state index in [0.29, 0.717) is 0 Å². The lowest BCUT2D eigenvalue weighted by molar-refractivity contribution is 0.603. The van der Waals surface area contributed by atoms with Crippen LogP contribution >= 0.6 is 0 Å². The first-order valence-corrected chi connectivity index (χ1v) is 12.1. The number of rotatable bonds is 4. The number of pyridine rings is 1. The molecule has 0 fully saturated rings. The van der Waals surface area contributed by atoms with Crippen LogP contribution in [-0.2, 0) is 0 Å². The van der Waals surface area contributed by atoms with Crippen molar-refractivity contribution >= 4 is 16.3 Å². The van der Waals surface area contributed by atoms with Crippen molar-refractivity contribution in [2.45, 2.75) is 0 Å². The van der Waals surface area contributed by atoms with Crippen LogP contribution < -0.4 is 0 Å². The number of benzene rings is 4. The summed E-state index contributed by atoms with van der Waals surface area (Å²) in [6.07, 6.45) is 1.99. The highest BCUT2D eigenvalue weighted by atomic mass is 16.3. The van der Waals surface area contributed by atoms with Gasteiger partial charge < -0.3 is 4.42 Å². The Morgan fingerprint density at radius 3 is 1.83 bits per heavy atom. The number of aromatic nitrogens is 2. The van der Waals surface area contributed by atoms with Gasteiger partial charge in [0.25, 0.3) is 0 Å². The largest absolute Gasteiger partial charge is 0.455 e. The summed E-state index contributed by atoms with van der Waals surface area (Å²) in [5, 5.41) is 7.13. The molecule has 36 heavy (non-hydrogen) atoms. The van der Waals surface area contributed by atoms with E-state index in [0.717, 1.165) is 61.3 Å². The van der Waals surface area contributed by atoms with E-state index >= 15 is 0 Å². The van der Waals surface area contributed by atoms with Gasteiger partial charge in [0, 0.05) is 28.1 Å². The highest BCUT2D eigenvalue weighted by molar-refractivity contribution is 6.08. The summed E-state index contributed by atoms with van der Waals surface area (Å²) in [5.41, 5.74) is 7.36. The Hall–Kier alpha value is -4.89. The van der Waals surface area contributed by atoms with Crippen LogP contribution in [0.1, 0.15) is 0 Å². The summed E-state index contributed by atoms with van der Waals surface area (Å²) >= 11 is 0. The molecule has 0 radical (unpaired) electrons. The predicted molar refractivity (Wildman–Crippen MR) is 147 cm³/mol. The average molecular weight is 463 g/mol. The summed E-state index contributed by atoms with van der Waals surface area (Å²) < 4.78 is 8.81. The maximum Gasteiger partial charge on any atom is 0.147 e. The molecule has 3 heterocycles. The molecule has 0 aliphatic heterocycles. The zero-order valence-electron chi connectivity index (χ0n) is 19.5. The molecule has 0 aliphatic rings.